The van der Waals surface area contributed by atoms with Gasteiger partial charge in [0.1, 0.15) is 23.2 Å². The Labute approximate surface area is 305 Å². The van der Waals surface area contributed by atoms with Crippen molar-refractivity contribution >= 4 is 76.7 Å². The number of amidine groups is 2. The topological polar surface area (TPSA) is 49.9 Å². The fraction of sp³-hybridized carbons (Fsp3) is 0.0204. The minimum absolute atomic E-state index is 0.367. The number of rotatable bonds is 4. The molecule has 248 valence electrons. The first-order valence-electron chi connectivity index (χ1n) is 18.0. The van der Waals surface area contributed by atoms with E-state index in [0.717, 1.165) is 61.0 Å². The Morgan fingerprint density at radius 3 is 1.92 bits per heavy atom. The molecule has 1 atom stereocenters. The molecule has 0 bridgehead atoms. The SMILES string of the molecule is c1ccc2cc(-c3cccc4c3oc3cccc(C5=NC(c6ccc7ccccc7c6)NC(c6cc7ccccc7c7ccccc67)=N5)c34)ccc2c1. The largest absolute Gasteiger partial charge is 0.455 e. The average molecular weight is 678 g/mol. The third-order valence-corrected chi connectivity index (χ3v) is 10.7. The molecular formula is C49H31N3O. The summed E-state index contributed by atoms with van der Waals surface area (Å²) in [5.41, 5.74) is 6.89. The van der Waals surface area contributed by atoms with Crippen molar-refractivity contribution in [3.05, 3.63) is 193 Å². The highest BCUT2D eigenvalue weighted by atomic mass is 16.3. The molecule has 53 heavy (non-hydrogen) atoms. The van der Waals surface area contributed by atoms with Crippen LogP contribution in [0.5, 0.6) is 0 Å². The first kappa shape index (κ1) is 29.7. The molecule has 0 radical (unpaired) electrons. The molecule has 1 aliphatic rings. The van der Waals surface area contributed by atoms with Crippen LogP contribution in [-0.4, -0.2) is 11.7 Å². The lowest BCUT2D eigenvalue weighted by Gasteiger charge is -2.25. The van der Waals surface area contributed by atoms with Crippen LogP contribution in [0.25, 0.3) is 76.2 Å². The van der Waals surface area contributed by atoms with Crippen molar-refractivity contribution in [2.75, 3.05) is 0 Å². The van der Waals surface area contributed by atoms with Crippen LogP contribution in [0.1, 0.15) is 22.9 Å². The van der Waals surface area contributed by atoms with Crippen molar-refractivity contribution in [1.29, 1.82) is 0 Å². The lowest BCUT2D eigenvalue weighted by atomic mass is 9.96. The van der Waals surface area contributed by atoms with Crippen LogP contribution in [0, 0.1) is 0 Å². The minimum atomic E-state index is -0.367. The van der Waals surface area contributed by atoms with E-state index in [0.29, 0.717) is 5.84 Å². The highest BCUT2D eigenvalue weighted by molar-refractivity contribution is 6.25. The van der Waals surface area contributed by atoms with Gasteiger partial charge in [-0.2, -0.15) is 0 Å². The molecule has 0 saturated carbocycles. The van der Waals surface area contributed by atoms with Crippen LogP contribution >= 0.6 is 0 Å². The van der Waals surface area contributed by atoms with Crippen LogP contribution in [0.4, 0.5) is 0 Å². The predicted octanol–water partition coefficient (Wildman–Crippen LogP) is 12.4. The molecule has 0 saturated heterocycles. The Morgan fingerprint density at radius 2 is 1.09 bits per heavy atom. The third kappa shape index (κ3) is 4.84. The lowest BCUT2D eigenvalue weighted by Crippen LogP contribution is -2.33. The molecule has 0 aliphatic carbocycles. The van der Waals surface area contributed by atoms with Gasteiger partial charge in [0.15, 0.2) is 5.84 Å². The van der Waals surface area contributed by atoms with Gasteiger partial charge in [-0.3, -0.25) is 0 Å². The fourth-order valence-electron chi connectivity index (χ4n) is 8.12. The zero-order valence-corrected chi connectivity index (χ0v) is 28.6. The van der Waals surface area contributed by atoms with Crippen molar-refractivity contribution in [3.8, 4) is 11.1 Å². The Morgan fingerprint density at radius 1 is 0.453 bits per heavy atom. The monoisotopic (exact) mass is 677 g/mol. The van der Waals surface area contributed by atoms with Gasteiger partial charge in [-0.05, 0) is 78.5 Å². The fourth-order valence-corrected chi connectivity index (χ4v) is 8.12. The number of aliphatic imine (C=N–C) groups is 2. The first-order chi connectivity index (χ1) is 26.2. The molecule has 4 heteroatoms. The van der Waals surface area contributed by atoms with E-state index in [2.05, 4.69) is 169 Å². The van der Waals surface area contributed by atoms with E-state index >= 15 is 0 Å². The molecule has 9 aromatic carbocycles. The number of hydrogen-bond acceptors (Lipinski definition) is 4. The molecule has 10 aromatic rings. The Bertz CT molecular complexity index is 3170. The van der Waals surface area contributed by atoms with E-state index < -0.39 is 0 Å². The zero-order chi connectivity index (χ0) is 34.9. The second-order valence-corrected chi connectivity index (χ2v) is 13.8. The van der Waals surface area contributed by atoms with E-state index in [1.807, 2.05) is 12.1 Å². The Hall–Kier alpha value is -7.04. The van der Waals surface area contributed by atoms with Gasteiger partial charge in [-0.25, -0.2) is 9.98 Å². The van der Waals surface area contributed by atoms with Gasteiger partial charge in [0.05, 0.1) is 0 Å². The smallest absolute Gasteiger partial charge is 0.160 e. The highest BCUT2D eigenvalue weighted by Gasteiger charge is 2.25. The second-order valence-electron chi connectivity index (χ2n) is 13.8. The van der Waals surface area contributed by atoms with Gasteiger partial charge < -0.3 is 9.73 Å². The molecule has 2 heterocycles. The van der Waals surface area contributed by atoms with Crippen LogP contribution in [0.15, 0.2) is 190 Å². The first-order valence-corrected chi connectivity index (χ1v) is 18.0. The number of nitrogens with one attached hydrogen (secondary N) is 1. The summed E-state index contributed by atoms with van der Waals surface area (Å²) in [7, 11) is 0. The number of nitrogens with zero attached hydrogens (tertiary/aromatic N) is 2. The molecule has 0 amide bonds. The van der Waals surface area contributed by atoms with Gasteiger partial charge in [-0.15, -0.1) is 0 Å². The molecule has 1 N–H and O–H groups in total. The quantitative estimate of drug-likeness (QED) is 0.189. The lowest BCUT2D eigenvalue weighted by molar-refractivity contribution is 0.669. The van der Waals surface area contributed by atoms with E-state index in [-0.39, 0.29) is 6.17 Å². The van der Waals surface area contributed by atoms with Gasteiger partial charge >= 0.3 is 0 Å². The molecule has 1 unspecified atom stereocenters. The van der Waals surface area contributed by atoms with Crippen LogP contribution in [-0.2, 0) is 0 Å². The number of para-hydroxylation sites is 1. The highest BCUT2D eigenvalue weighted by Crippen LogP contribution is 2.39. The summed E-state index contributed by atoms with van der Waals surface area (Å²) in [6.45, 7) is 0. The maximum absolute atomic E-state index is 6.74. The molecule has 1 aromatic heterocycles. The van der Waals surface area contributed by atoms with Gasteiger partial charge in [0.25, 0.3) is 0 Å². The van der Waals surface area contributed by atoms with Gasteiger partial charge in [0.2, 0.25) is 0 Å². The summed E-state index contributed by atoms with van der Waals surface area (Å²) < 4.78 is 6.74. The van der Waals surface area contributed by atoms with Crippen LogP contribution in [0.3, 0.4) is 0 Å². The summed E-state index contributed by atoms with van der Waals surface area (Å²) in [4.78, 5) is 10.8. The summed E-state index contributed by atoms with van der Waals surface area (Å²) in [6.07, 6.45) is -0.367. The molecule has 1 aliphatic heterocycles. The number of benzene rings is 9. The van der Waals surface area contributed by atoms with E-state index in [1.54, 1.807) is 0 Å². The second kappa shape index (κ2) is 11.8. The predicted molar refractivity (Wildman–Crippen MR) is 221 cm³/mol. The van der Waals surface area contributed by atoms with Gasteiger partial charge in [0, 0.05) is 27.5 Å². The minimum Gasteiger partial charge on any atom is -0.455 e. The summed E-state index contributed by atoms with van der Waals surface area (Å²) in [5, 5.41) is 15.3. The molecular weight excluding hydrogens is 647 g/mol. The van der Waals surface area contributed by atoms with Crippen molar-refractivity contribution in [3.63, 3.8) is 0 Å². The van der Waals surface area contributed by atoms with Crippen molar-refractivity contribution in [2.45, 2.75) is 6.17 Å². The summed E-state index contributed by atoms with van der Waals surface area (Å²) in [6, 6.07) is 62.2. The van der Waals surface area contributed by atoms with Crippen molar-refractivity contribution in [1.82, 2.24) is 5.32 Å². The van der Waals surface area contributed by atoms with E-state index in [4.69, 9.17) is 14.4 Å². The van der Waals surface area contributed by atoms with Crippen molar-refractivity contribution < 1.29 is 4.42 Å². The Kier molecular flexibility index (Phi) is 6.58. The standard InChI is InChI=1S/C49H31N3O/c1-3-13-32-27-35(25-23-30(32)11-1)38-19-9-20-41-45-42(21-10-22-44(45)53-46(38)41)48-50-47(36-26-24-31-12-2-4-14-33(31)28-36)51-49(52-48)43-29-34-15-5-6-16-37(34)39-17-7-8-18-40(39)43/h1-29,47H,(H,50,51,52). The summed E-state index contributed by atoms with van der Waals surface area (Å²) in [5.74, 6) is 1.45. The summed E-state index contributed by atoms with van der Waals surface area (Å²) >= 11 is 0. The third-order valence-electron chi connectivity index (χ3n) is 10.7. The van der Waals surface area contributed by atoms with Crippen molar-refractivity contribution in [2.24, 2.45) is 9.98 Å². The van der Waals surface area contributed by atoms with Crippen LogP contribution < -0.4 is 5.32 Å². The number of furan rings is 1. The molecule has 0 fully saturated rings. The number of fused-ring (bicyclic) bond motifs is 8. The molecule has 0 spiro atoms. The Balaban J connectivity index is 1.14. The average Bonchev–Trinajstić information content (AvgIpc) is 3.62. The van der Waals surface area contributed by atoms with Crippen LogP contribution in [0.2, 0.25) is 0 Å². The van der Waals surface area contributed by atoms with E-state index in [9.17, 15) is 0 Å². The number of hydrogen-bond donors (Lipinski definition) is 1. The maximum Gasteiger partial charge on any atom is 0.160 e. The van der Waals surface area contributed by atoms with Gasteiger partial charge in [-0.1, -0.05) is 152 Å². The molecule has 11 rings (SSSR count). The van der Waals surface area contributed by atoms with E-state index in [1.165, 1.54) is 37.7 Å². The zero-order valence-electron chi connectivity index (χ0n) is 28.6. The normalized spacial score (nSPS) is 14.6. The molecule has 4 nitrogen and oxygen atoms in total. The maximum atomic E-state index is 6.74.